The lowest BCUT2D eigenvalue weighted by Crippen LogP contribution is -2.38. The predicted octanol–water partition coefficient (Wildman–Crippen LogP) is 3.10. The summed E-state index contributed by atoms with van der Waals surface area (Å²) in [7, 11) is 0. The van der Waals surface area contributed by atoms with Gasteiger partial charge in [0.15, 0.2) is 5.82 Å². The van der Waals surface area contributed by atoms with Crippen LogP contribution in [-0.2, 0) is 6.42 Å². The maximum Gasteiger partial charge on any atom is 0.226 e. The fraction of sp³-hybridized carbons (Fsp3) is 0.867. The van der Waals surface area contributed by atoms with Gasteiger partial charge in [-0.1, -0.05) is 11.6 Å². The molecule has 0 spiro atoms. The van der Waals surface area contributed by atoms with Crippen LogP contribution in [0.5, 0.6) is 0 Å². The second kappa shape index (κ2) is 5.68. The Morgan fingerprint density at radius 1 is 1.15 bits per heavy atom. The lowest BCUT2D eigenvalue weighted by Gasteiger charge is -2.28. The second-order valence-corrected chi connectivity index (χ2v) is 7.89. The van der Waals surface area contributed by atoms with Gasteiger partial charge in [-0.2, -0.15) is 16.7 Å². The van der Waals surface area contributed by atoms with Crippen LogP contribution in [0.25, 0.3) is 0 Å². The summed E-state index contributed by atoms with van der Waals surface area (Å²) in [5.74, 6) is 3.80. The standard InChI is InChI=1S/C15H23N3OS/c1-2-6-20-13(3-1)15-17-14(19-18-15)9-10-7-11-4-5-12(8-10)16-11/h10-13,16H,1-9H2. The third-order valence-electron chi connectivity index (χ3n) is 4.99. The van der Waals surface area contributed by atoms with E-state index in [-0.39, 0.29) is 0 Å². The minimum absolute atomic E-state index is 0.477. The number of aromatic nitrogens is 2. The Balaban J connectivity index is 1.38. The van der Waals surface area contributed by atoms with Gasteiger partial charge in [-0.25, -0.2) is 0 Å². The van der Waals surface area contributed by atoms with Crippen molar-refractivity contribution in [2.45, 2.75) is 68.7 Å². The minimum atomic E-state index is 0.477. The molecule has 3 atom stereocenters. The number of hydrogen-bond donors (Lipinski definition) is 1. The van der Waals surface area contributed by atoms with E-state index < -0.39 is 0 Å². The van der Waals surface area contributed by atoms with Crippen LogP contribution in [0.2, 0.25) is 0 Å². The molecule has 1 N–H and O–H groups in total. The van der Waals surface area contributed by atoms with Crippen LogP contribution in [0, 0.1) is 5.92 Å². The summed E-state index contributed by atoms with van der Waals surface area (Å²) >= 11 is 1.99. The van der Waals surface area contributed by atoms with Crippen LogP contribution in [-0.4, -0.2) is 28.0 Å². The van der Waals surface area contributed by atoms with Crippen LogP contribution in [0.3, 0.4) is 0 Å². The van der Waals surface area contributed by atoms with Crippen molar-refractivity contribution in [2.24, 2.45) is 5.92 Å². The van der Waals surface area contributed by atoms with Gasteiger partial charge >= 0.3 is 0 Å². The van der Waals surface area contributed by atoms with Crippen molar-refractivity contribution in [1.29, 1.82) is 0 Å². The zero-order valence-electron chi connectivity index (χ0n) is 11.9. The highest BCUT2D eigenvalue weighted by Gasteiger charge is 2.34. The van der Waals surface area contributed by atoms with Crippen LogP contribution in [0.15, 0.2) is 4.52 Å². The van der Waals surface area contributed by atoms with Gasteiger partial charge in [0.2, 0.25) is 5.89 Å². The molecular formula is C15H23N3OS. The molecule has 3 aliphatic heterocycles. The second-order valence-electron chi connectivity index (χ2n) is 6.58. The number of piperidine rings is 1. The molecule has 0 saturated carbocycles. The van der Waals surface area contributed by atoms with Gasteiger partial charge < -0.3 is 9.84 Å². The topological polar surface area (TPSA) is 51.0 Å². The Bertz CT molecular complexity index is 446. The Morgan fingerprint density at radius 3 is 2.75 bits per heavy atom. The van der Waals surface area contributed by atoms with Crippen molar-refractivity contribution in [3.63, 3.8) is 0 Å². The van der Waals surface area contributed by atoms with Crippen molar-refractivity contribution in [3.05, 3.63) is 11.7 Å². The highest BCUT2D eigenvalue weighted by Crippen LogP contribution is 2.37. The highest BCUT2D eigenvalue weighted by molar-refractivity contribution is 7.99. The average molecular weight is 293 g/mol. The first-order chi connectivity index (χ1) is 9.87. The third kappa shape index (κ3) is 2.75. The average Bonchev–Trinajstić information content (AvgIpc) is 3.07. The molecule has 110 valence electrons. The van der Waals surface area contributed by atoms with Gasteiger partial charge in [0.05, 0.1) is 5.25 Å². The van der Waals surface area contributed by atoms with E-state index in [0.717, 1.165) is 36.1 Å². The fourth-order valence-electron chi connectivity index (χ4n) is 4.01. The summed E-state index contributed by atoms with van der Waals surface area (Å²) in [6.45, 7) is 0. The van der Waals surface area contributed by atoms with Crippen LogP contribution >= 0.6 is 11.8 Å². The summed E-state index contributed by atoms with van der Waals surface area (Å²) < 4.78 is 5.52. The molecule has 4 heterocycles. The van der Waals surface area contributed by atoms with E-state index in [1.165, 1.54) is 50.7 Å². The lowest BCUT2D eigenvalue weighted by atomic mass is 9.90. The molecular weight excluding hydrogens is 270 g/mol. The van der Waals surface area contributed by atoms with Gasteiger partial charge in [-0.3, -0.25) is 0 Å². The monoisotopic (exact) mass is 293 g/mol. The van der Waals surface area contributed by atoms with Crippen LogP contribution in [0.4, 0.5) is 0 Å². The Morgan fingerprint density at radius 2 is 2.00 bits per heavy atom. The van der Waals surface area contributed by atoms with Gasteiger partial charge in [-0.15, -0.1) is 0 Å². The Kier molecular flexibility index (Phi) is 3.73. The largest absolute Gasteiger partial charge is 0.339 e. The maximum absolute atomic E-state index is 5.52. The number of nitrogens with zero attached hydrogens (tertiary/aromatic N) is 2. The Labute approximate surface area is 124 Å². The minimum Gasteiger partial charge on any atom is -0.339 e. The summed E-state index contributed by atoms with van der Waals surface area (Å²) in [5.41, 5.74) is 0. The van der Waals surface area contributed by atoms with E-state index >= 15 is 0 Å². The summed E-state index contributed by atoms with van der Waals surface area (Å²) in [6, 6.07) is 1.49. The highest BCUT2D eigenvalue weighted by atomic mass is 32.2. The van der Waals surface area contributed by atoms with Gasteiger partial charge in [0.25, 0.3) is 0 Å². The zero-order chi connectivity index (χ0) is 13.4. The molecule has 3 unspecified atom stereocenters. The molecule has 4 nitrogen and oxygen atoms in total. The molecule has 5 heteroatoms. The predicted molar refractivity (Wildman–Crippen MR) is 79.7 cm³/mol. The number of rotatable bonds is 3. The first-order valence-corrected chi connectivity index (χ1v) is 9.12. The Hall–Kier alpha value is -0.550. The first kappa shape index (κ1) is 13.1. The molecule has 0 aromatic carbocycles. The smallest absolute Gasteiger partial charge is 0.226 e. The molecule has 0 aliphatic carbocycles. The van der Waals surface area contributed by atoms with Crippen molar-refractivity contribution < 1.29 is 4.52 Å². The molecule has 0 amide bonds. The number of hydrogen-bond acceptors (Lipinski definition) is 5. The van der Waals surface area contributed by atoms with Crippen molar-refractivity contribution >= 4 is 11.8 Å². The van der Waals surface area contributed by atoms with E-state index in [1.54, 1.807) is 0 Å². The molecule has 1 aromatic rings. The van der Waals surface area contributed by atoms with Crippen molar-refractivity contribution in [1.82, 2.24) is 15.5 Å². The quantitative estimate of drug-likeness (QED) is 0.928. The van der Waals surface area contributed by atoms with Crippen LogP contribution < -0.4 is 5.32 Å². The van der Waals surface area contributed by atoms with Crippen molar-refractivity contribution in [2.75, 3.05) is 5.75 Å². The molecule has 2 bridgehead atoms. The molecule has 20 heavy (non-hydrogen) atoms. The van der Waals surface area contributed by atoms with Gasteiger partial charge in [-0.05, 0) is 50.2 Å². The number of fused-ring (bicyclic) bond motifs is 2. The molecule has 1 aromatic heterocycles. The number of nitrogens with one attached hydrogen (secondary N) is 1. The number of thioether (sulfide) groups is 1. The normalized spacial score (nSPS) is 37.2. The van der Waals surface area contributed by atoms with Gasteiger partial charge in [0.1, 0.15) is 0 Å². The van der Waals surface area contributed by atoms with E-state index in [2.05, 4.69) is 15.5 Å². The first-order valence-electron chi connectivity index (χ1n) is 8.07. The van der Waals surface area contributed by atoms with E-state index in [1.807, 2.05) is 11.8 Å². The molecule has 3 saturated heterocycles. The van der Waals surface area contributed by atoms with Crippen LogP contribution in [0.1, 0.15) is 61.9 Å². The molecule has 3 aliphatic rings. The summed E-state index contributed by atoms with van der Waals surface area (Å²) in [4.78, 5) is 4.68. The van der Waals surface area contributed by atoms with E-state index in [4.69, 9.17) is 4.52 Å². The van der Waals surface area contributed by atoms with E-state index in [0.29, 0.717) is 5.25 Å². The third-order valence-corrected chi connectivity index (χ3v) is 6.36. The fourth-order valence-corrected chi connectivity index (χ4v) is 5.25. The zero-order valence-corrected chi connectivity index (χ0v) is 12.7. The maximum atomic E-state index is 5.52. The molecule has 3 fully saturated rings. The van der Waals surface area contributed by atoms with Crippen molar-refractivity contribution in [3.8, 4) is 0 Å². The summed E-state index contributed by atoms with van der Waals surface area (Å²) in [5, 5.41) is 8.41. The SMILES string of the molecule is C1CCC(c2noc(CC3CC4CCC(C3)N4)n2)SC1. The lowest BCUT2D eigenvalue weighted by molar-refractivity contribution is 0.270. The molecule has 4 rings (SSSR count). The summed E-state index contributed by atoms with van der Waals surface area (Å²) in [6.07, 6.45) is 10.1. The van der Waals surface area contributed by atoms with Gasteiger partial charge in [0, 0.05) is 18.5 Å². The van der Waals surface area contributed by atoms with E-state index in [9.17, 15) is 0 Å². The molecule has 0 radical (unpaired) electrons.